The number of halogens is 1. The lowest BCUT2D eigenvalue weighted by atomic mass is 9.69. The maximum Gasteiger partial charge on any atom is 0.311 e. The lowest BCUT2D eigenvalue weighted by Gasteiger charge is -2.57. The Morgan fingerprint density at radius 2 is 1.26 bits per heavy atom. The zero-order valence-corrected chi connectivity index (χ0v) is 57.1. The third kappa shape index (κ3) is 18.9. The molecule has 0 radical (unpaired) electrons. The number of ether oxygens (including phenoxy) is 5. The van der Waals surface area contributed by atoms with Crippen LogP contribution in [0.2, 0.25) is 0 Å². The number of hydrogen-bond donors (Lipinski definition) is 4. The Kier molecular flexibility index (Phi) is 27.9. The average Bonchev–Trinajstić information content (AvgIpc) is 4.10. The summed E-state index contributed by atoms with van der Waals surface area (Å²) in [6.45, 7) is 33.4. The molecule has 1 aromatic rings. The summed E-state index contributed by atoms with van der Waals surface area (Å²) in [6, 6.07) is 7.77. The van der Waals surface area contributed by atoms with Crippen molar-refractivity contribution in [3.05, 3.63) is 34.3 Å². The molecule has 5 aliphatic carbocycles. The molecular weight excluding hydrogens is 1120 g/mol. The molecule has 1 aromatic carbocycles. The fourth-order valence-electron chi connectivity index (χ4n) is 17.1. The highest BCUT2D eigenvalue weighted by Crippen LogP contribution is 2.49. The molecule has 0 spiro atoms. The first kappa shape index (κ1) is 70.9. The SMILES string of the molecule is CCCCCC(C)(CCC)OC(C)([C@@H](CC)C1CCCC[C@@H]1NC(C)(OCC)[C@H]1CCC[C@@H]1NC(C)(OCCC)OC(C)(C)C)N(CC)[C@H]1CCC[C@@H]1C(=O)N[C@H]1CCCC[C@H]1[C@@H](CC)C(=O)N[C@H]1CCC[C@@H]1C(=O)OCc1ccc(Br)cc1. The van der Waals surface area contributed by atoms with Crippen molar-refractivity contribution in [2.24, 2.45) is 41.4 Å². The van der Waals surface area contributed by atoms with Crippen LogP contribution >= 0.6 is 15.9 Å². The quantitative estimate of drug-likeness (QED) is 0.0297. The normalized spacial score (nSPS) is 29.5. The van der Waals surface area contributed by atoms with Gasteiger partial charge in [0, 0.05) is 66.0 Å². The van der Waals surface area contributed by atoms with Gasteiger partial charge in [0.1, 0.15) is 18.1 Å². The lowest BCUT2D eigenvalue weighted by Crippen LogP contribution is -2.67. The van der Waals surface area contributed by atoms with Crippen molar-refractivity contribution in [1.82, 2.24) is 26.2 Å². The minimum Gasteiger partial charge on any atom is -0.461 e. The fourth-order valence-corrected chi connectivity index (χ4v) is 17.4. The van der Waals surface area contributed by atoms with Gasteiger partial charge in [-0.3, -0.25) is 29.9 Å². The van der Waals surface area contributed by atoms with Crippen molar-refractivity contribution in [3.8, 4) is 0 Å². The highest BCUT2D eigenvalue weighted by Gasteiger charge is 2.55. The number of benzene rings is 1. The summed E-state index contributed by atoms with van der Waals surface area (Å²) in [6.07, 6.45) is 25.6. The maximum absolute atomic E-state index is 15.4. The van der Waals surface area contributed by atoms with Gasteiger partial charge < -0.3 is 34.3 Å². The summed E-state index contributed by atoms with van der Waals surface area (Å²) in [7, 11) is 0. The molecule has 0 saturated heterocycles. The van der Waals surface area contributed by atoms with Gasteiger partial charge in [-0.1, -0.05) is 140 Å². The van der Waals surface area contributed by atoms with Crippen LogP contribution in [0.15, 0.2) is 28.7 Å². The summed E-state index contributed by atoms with van der Waals surface area (Å²) >= 11 is 3.49. The van der Waals surface area contributed by atoms with Crippen LogP contribution in [-0.4, -0.2) is 101 Å². The molecule has 6 rings (SSSR count). The van der Waals surface area contributed by atoms with E-state index in [2.05, 4.69) is 139 Å². The van der Waals surface area contributed by atoms with Crippen molar-refractivity contribution < 1.29 is 38.1 Å². The summed E-state index contributed by atoms with van der Waals surface area (Å²) in [5.74, 6) is -1.23. The highest BCUT2D eigenvalue weighted by atomic mass is 79.9. The molecule has 0 bridgehead atoms. The van der Waals surface area contributed by atoms with Crippen molar-refractivity contribution in [3.63, 3.8) is 0 Å². The summed E-state index contributed by atoms with van der Waals surface area (Å²) < 4.78 is 35.2. The summed E-state index contributed by atoms with van der Waals surface area (Å²) in [5, 5.41) is 15.4. The molecule has 14 heteroatoms. The zero-order chi connectivity index (χ0) is 61.3. The minimum absolute atomic E-state index is 0.000680. The zero-order valence-electron chi connectivity index (χ0n) is 55.5. The van der Waals surface area contributed by atoms with E-state index in [1.165, 1.54) is 12.8 Å². The third-order valence-corrected chi connectivity index (χ3v) is 21.2. The monoisotopic (exact) mass is 1240 g/mol. The van der Waals surface area contributed by atoms with E-state index in [4.69, 9.17) is 23.7 Å². The molecule has 16 atom stereocenters. The number of rotatable bonds is 34. The van der Waals surface area contributed by atoms with Crippen LogP contribution in [0.5, 0.6) is 0 Å². The van der Waals surface area contributed by atoms with Crippen LogP contribution in [0, 0.1) is 41.4 Å². The molecule has 13 nitrogen and oxygen atoms in total. The fraction of sp³-hybridized carbons (Fsp3) is 0.871. The van der Waals surface area contributed by atoms with Crippen LogP contribution in [0.1, 0.15) is 269 Å². The van der Waals surface area contributed by atoms with E-state index < -0.39 is 23.0 Å². The van der Waals surface area contributed by atoms with Crippen LogP contribution in [-0.2, 0) is 44.7 Å². The Morgan fingerprint density at radius 3 is 1.90 bits per heavy atom. The molecule has 2 amide bonds. The average molecular weight is 1240 g/mol. The molecule has 5 aliphatic rings. The first-order valence-corrected chi connectivity index (χ1v) is 35.3. The molecule has 0 heterocycles. The lowest BCUT2D eigenvalue weighted by molar-refractivity contribution is -0.291. The van der Waals surface area contributed by atoms with E-state index in [0.717, 1.165) is 158 Å². The number of esters is 1. The standard InChI is InChI=1S/C70H122BrN5O8/c1-15-22-27-46-67(11,45-16-2)84-69(13,56(19-5)53-32-24-26-37-60(53)74-68(12,81-21-7)57-35-30-39-61(57)75-70(14,82-47-17-3)83-66(8,9)10)76(20-6)62-40-29-34-55(62)64(78)72-58-36-25-23-31-52(58)51(18-4)63(77)73-59-38-28-33-54(59)65(79)80-48-49-41-43-50(71)44-42-49/h41-44,51-62,74-75H,15-40,45-48H2,1-14H3,(H,72,78)(H,73,77)/t51-,52+,53?,54+,55+,56+,57+,58+,59+,60+,61+,62+,67?,68?,69?,70?/m1/s1. The van der Waals surface area contributed by atoms with Gasteiger partial charge in [-0.05, 0) is 181 Å². The number of carbonyl (C=O) groups is 3. The molecule has 5 fully saturated rings. The van der Waals surface area contributed by atoms with Gasteiger partial charge in [-0.15, -0.1) is 0 Å². The van der Waals surface area contributed by atoms with Gasteiger partial charge >= 0.3 is 5.97 Å². The molecular formula is C70H122BrN5O8. The molecule has 482 valence electrons. The van der Waals surface area contributed by atoms with E-state index in [1.807, 2.05) is 24.3 Å². The second-order valence-corrected chi connectivity index (χ2v) is 29.1. The predicted molar refractivity (Wildman–Crippen MR) is 344 cm³/mol. The van der Waals surface area contributed by atoms with Crippen molar-refractivity contribution in [2.75, 3.05) is 19.8 Å². The topological polar surface area (TPSA) is 149 Å². The van der Waals surface area contributed by atoms with Crippen LogP contribution in [0.25, 0.3) is 0 Å². The minimum atomic E-state index is -0.942. The molecule has 5 saturated carbocycles. The first-order valence-electron chi connectivity index (χ1n) is 34.6. The Balaban J connectivity index is 1.26. The molecule has 84 heavy (non-hydrogen) atoms. The molecule has 0 aliphatic heterocycles. The van der Waals surface area contributed by atoms with Crippen molar-refractivity contribution >= 4 is 33.7 Å². The van der Waals surface area contributed by atoms with Gasteiger partial charge in [-0.25, -0.2) is 0 Å². The van der Waals surface area contributed by atoms with E-state index in [9.17, 15) is 9.59 Å². The van der Waals surface area contributed by atoms with Gasteiger partial charge in [0.05, 0.1) is 29.6 Å². The Bertz CT molecular complexity index is 2150. The second kappa shape index (κ2) is 33.1. The Labute approximate surface area is 520 Å². The molecule has 0 aromatic heterocycles. The highest BCUT2D eigenvalue weighted by molar-refractivity contribution is 9.10. The second-order valence-electron chi connectivity index (χ2n) is 28.2. The number of amides is 2. The number of nitrogens with one attached hydrogen (secondary N) is 4. The van der Waals surface area contributed by atoms with Gasteiger partial charge in [0.25, 0.3) is 0 Å². The van der Waals surface area contributed by atoms with Gasteiger partial charge in [-0.2, -0.15) is 0 Å². The first-order chi connectivity index (χ1) is 40.0. The van der Waals surface area contributed by atoms with E-state index >= 15 is 4.79 Å². The van der Waals surface area contributed by atoms with E-state index in [-0.39, 0.29) is 95.7 Å². The number of carbonyl (C=O) groups excluding carboxylic acids is 3. The van der Waals surface area contributed by atoms with Crippen LogP contribution < -0.4 is 21.3 Å². The van der Waals surface area contributed by atoms with Crippen molar-refractivity contribution in [2.45, 2.75) is 329 Å². The predicted octanol–water partition coefficient (Wildman–Crippen LogP) is 15.4. The summed E-state index contributed by atoms with van der Waals surface area (Å²) in [4.78, 5) is 46.2. The number of hydrogen-bond acceptors (Lipinski definition) is 11. The summed E-state index contributed by atoms with van der Waals surface area (Å²) in [5.41, 5.74) is -1.10. The number of unbranched alkanes of at least 4 members (excludes halogenated alkanes) is 2. The molecule has 5 unspecified atom stereocenters. The van der Waals surface area contributed by atoms with Gasteiger partial charge in [0.15, 0.2) is 0 Å². The van der Waals surface area contributed by atoms with Crippen LogP contribution in [0.4, 0.5) is 0 Å². The maximum atomic E-state index is 15.4. The van der Waals surface area contributed by atoms with E-state index in [0.29, 0.717) is 32.0 Å². The third-order valence-electron chi connectivity index (χ3n) is 20.7. The van der Waals surface area contributed by atoms with Crippen molar-refractivity contribution in [1.29, 1.82) is 0 Å². The largest absolute Gasteiger partial charge is 0.461 e. The Hall–Kier alpha value is -2.17. The Morgan fingerprint density at radius 1 is 0.619 bits per heavy atom. The van der Waals surface area contributed by atoms with Gasteiger partial charge in [0.2, 0.25) is 17.7 Å². The smallest absolute Gasteiger partial charge is 0.311 e. The van der Waals surface area contributed by atoms with E-state index in [1.54, 1.807) is 0 Å². The number of nitrogens with zero attached hydrogens (tertiary/aromatic N) is 1. The molecule has 4 N–H and O–H groups in total. The van der Waals surface area contributed by atoms with Crippen LogP contribution in [0.3, 0.4) is 0 Å².